The van der Waals surface area contributed by atoms with Gasteiger partial charge in [-0.3, -0.25) is 4.68 Å². The molecule has 0 unspecified atom stereocenters. The Kier molecular flexibility index (Phi) is 4.60. The highest BCUT2D eigenvalue weighted by atomic mass is 16.5. The van der Waals surface area contributed by atoms with Gasteiger partial charge in [0.25, 0.3) is 0 Å². The molecule has 138 valence electrons. The van der Waals surface area contributed by atoms with Gasteiger partial charge in [0, 0.05) is 50.9 Å². The summed E-state index contributed by atoms with van der Waals surface area (Å²) in [6.07, 6.45) is 3.32. The molecule has 2 aromatic rings. The van der Waals surface area contributed by atoms with Crippen LogP contribution < -0.4 is 5.32 Å². The van der Waals surface area contributed by atoms with Gasteiger partial charge in [-0.1, -0.05) is 12.1 Å². The molecule has 8 nitrogen and oxygen atoms in total. The van der Waals surface area contributed by atoms with E-state index in [1.807, 2.05) is 36.2 Å². The molecule has 2 fully saturated rings. The molecule has 2 aliphatic rings. The van der Waals surface area contributed by atoms with Crippen molar-refractivity contribution in [3.8, 4) is 11.4 Å². The van der Waals surface area contributed by atoms with E-state index in [4.69, 9.17) is 9.47 Å². The largest absolute Gasteiger partial charge is 0.381 e. The maximum Gasteiger partial charge on any atom is 0.322 e. The number of carbonyl (C=O) groups excluding carboxylic acids is 1. The molecule has 1 spiro atoms. The standard InChI is InChI=1S/C18H23N5O3/c1-22-13-19-16(21-22)14-3-2-4-15(11-14)20-17(24)23-7-10-26-18(12-23)5-8-25-9-6-18/h2-4,11,13H,5-10,12H2,1H3,(H,20,24). The number of ether oxygens (including phenoxy) is 2. The molecule has 0 atom stereocenters. The highest BCUT2D eigenvalue weighted by Crippen LogP contribution is 2.29. The number of hydrogen-bond acceptors (Lipinski definition) is 5. The van der Waals surface area contributed by atoms with Gasteiger partial charge in [0.2, 0.25) is 0 Å². The summed E-state index contributed by atoms with van der Waals surface area (Å²) in [7, 11) is 1.83. The van der Waals surface area contributed by atoms with E-state index in [1.165, 1.54) is 0 Å². The molecule has 1 aromatic heterocycles. The van der Waals surface area contributed by atoms with E-state index < -0.39 is 0 Å². The van der Waals surface area contributed by atoms with Crippen molar-refractivity contribution in [3.63, 3.8) is 0 Å². The van der Waals surface area contributed by atoms with E-state index >= 15 is 0 Å². The van der Waals surface area contributed by atoms with Crippen LogP contribution in [0.2, 0.25) is 0 Å². The van der Waals surface area contributed by atoms with Crippen molar-refractivity contribution in [3.05, 3.63) is 30.6 Å². The first-order valence-corrected chi connectivity index (χ1v) is 8.87. The quantitative estimate of drug-likeness (QED) is 0.888. The number of urea groups is 1. The number of benzene rings is 1. The fourth-order valence-electron chi connectivity index (χ4n) is 3.47. The number of hydrogen-bond donors (Lipinski definition) is 1. The van der Waals surface area contributed by atoms with Crippen LogP contribution in [0.4, 0.5) is 10.5 Å². The smallest absolute Gasteiger partial charge is 0.322 e. The molecule has 0 radical (unpaired) electrons. The third-order valence-electron chi connectivity index (χ3n) is 4.91. The van der Waals surface area contributed by atoms with E-state index in [9.17, 15) is 4.79 Å². The second kappa shape index (κ2) is 7.05. The zero-order valence-corrected chi connectivity index (χ0v) is 14.9. The average Bonchev–Trinajstić information content (AvgIpc) is 3.09. The lowest BCUT2D eigenvalue weighted by Crippen LogP contribution is -2.56. The van der Waals surface area contributed by atoms with E-state index in [0.29, 0.717) is 38.7 Å². The van der Waals surface area contributed by atoms with Crippen molar-refractivity contribution in [1.82, 2.24) is 19.7 Å². The molecular weight excluding hydrogens is 334 g/mol. The molecule has 2 aliphatic heterocycles. The summed E-state index contributed by atoms with van der Waals surface area (Å²) in [5.74, 6) is 0.635. The Labute approximate surface area is 152 Å². The van der Waals surface area contributed by atoms with E-state index in [-0.39, 0.29) is 11.6 Å². The molecule has 0 saturated carbocycles. The summed E-state index contributed by atoms with van der Waals surface area (Å²) >= 11 is 0. The van der Waals surface area contributed by atoms with Crippen LogP contribution in [-0.2, 0) is 16.5 Å². The van der Waals surface area contributed by atoms with Crippen LogP contribution in [0.15, 0.2) is 30.6 Å². The zero-order valence-electron chi connectivity index (χ0n) is 14.9. The first kappa shape index (κ1) is 17.0. The molecule has 26 heavy (non-hydrogen) atoms. The summed E-state index contributed by atoms with van der Waals surface area (Å²) < 4.78 is 13.1. The monoisotopic (exact) mass is 357 g/mol. The highest BCUT2D eigenvalue weighted by molar-refractivity contribution is 5.90. The number of nitrogens with zero attached hydrogens (tertiary/aromatic N) is 4. The van der Waals surface area contributed by atoms with Gasteiger partial charge in [-0.2, -0.15) is 5.10 Å². The van der Waals surface area contributed by atoms with Gasteiger partial charge in [-0.15, -0.1) is 0 Å². The summed E-state index contributed by atoms with van der Waals surface area (Å²) in [6, 6.07) is 7.47. The van der Waals surface area contributed by atoms with Gasteiger partial charge in [0.15, 0.2) is 5.82 Å². The molecule has 2 amide bonds. The molecular formula is C18H23N5O3. The van der Waals surface area contributed by atoms with Crippen LogP contribution in [0.1, 0.15) is 12.8 Å². The Bertz CT molecular complexity index is 779. The third kappa shape index (κ3) is 3.56. The second-order valence-electron chi connectivity index (χ2n) is 6.82. The first-order valence-electron chi connectivity index (χ1n) is 8.87. The Hall–Kier alpha value is -2.45. The molecule has 1 aromatic carbocycles. The predicted octanol–water partition coefficient (Wildman–Crippen LogP) is 1.90. The van der Waals surface area contributed by atoms with Crippen molar-refractivity contribution >= 4 is 11.7 Å². The fourth-order valence-corrected chi connectivity index (χ4v) is 3.47. The Morgan fingerprint density at radius 2 is 2.12 bits per heavy atom. The Morgan fingerprint density at radius 1 is 1.27 bits per heavy atom. The van der Waals surface area contributed by atoms with Crippen LogP contribution in [0, 0.1) is 0 Å². The molecule has 1 N–H and O–H groups in total. The van der Waals surface area contributed by atoms with E-state index in [1.54, 1.807) is 11.0 Å². The number of nitrogens with one attached hydrogen (secondary N) is 1. The SMILES string of the molecule is Cn1cnc(-c2cccc(NC(=O)N3CCOC4(CCOCC4)C3)c2)n1. The van der Waals surface area contributed by atoms with Gasteiger partial charge in [-0.25, -0.2) is 9.78 Å². The molecule has 3 heterocycles. The minimum atomic E-state index is -0.256. The Morgan fingerprint density at radius 3 is 2.88 bits per heavy atom. The first-order chi connectivity index (χ1) is 12.6. The number of rotatable bonds is 2. The summed E-state index contributed by atoms with van der Waals surface area (Å²) in [6.45, 7) is 3.13. The van der Waals surface area contributed by atoms with E-state index in [2.05, 4.69) is 15.4 Å². The fraction of sp³-hybridized carbons (Fsp3) is 0.500. The average molecular weight is 357 g/mol. The number of aryl methyl sites for hydroxylation is 1. The zero-order chi connectivity index (χ0) is 18.0. The van der Waals surface area contributed by atoms with Crippen molar-refractivity contribution in [2.24, 2.45) is 7.05 Å². The van der Waals surface area contributed by atoms with Crippen LogP contribution in [0.5, 0.6) is 0 Å². The van der Waals surface area contributed by atoms with Crippen LogP contribution in [0.25, 0.3) is 11.4 Å². The molecule has 4 rings (SSSR count). The normalized spacial score (nSPS) is 19.5. The maximum atomic E-state index is 12.7. The van der Waals surface area contributed by atoms with Crippen molar-refractivity contribution in [2.45, 2.75) is 18.4 Å². The topological polar surface area (TPSA) is 81.5 Å². The van der Waals surface area contributed by atoms with Crippen molar-refractivity contribution in [2.75, 3.05) is 38.2 Å². The minimum absolute atomic E-state index is 0.106. The third-order valence-corrected chi connectivity index (χ3v) is 4.91. The predicted molar refractivity (Wildman–Crippen MR) is 95.8 cm³/mol. The summed E-state index contributed by atoms with van der Waals surface area (Å²) in [5.41, 5.74) is 1.34. The number of amides is 2. The lowest BCUT2D eigenvalue weighted by molar-refractivity contribution is -0.144. The molecule has 2 saturated heterocycles. The Balaban J connectivity index is 1.44. The molecule has 0 bridgehead atoms. The second-order valence-corrected chi connectivity index (χ2v) is 6.82. The number of anilines is 1. The lowest BCUT2D eigenvalue weighted by atomic mass is 9.92. The lowest BCUT2D eigenvalue weighted by Gasteiger charge is -2.44. The number of aromatic nitrogens is 3. The van der Waals surface area contributed by atoms with Gasteiger partial charge in [0.1, 0.15) is 6.33 Å². The highest BCUT2D eigenvalue weighted by Gasteiger charge is 2.39. The van der Waals surface area contributed by atoms with Crippen molar-refractivity contribution in [1.29, 1.82) is 0 Å². The van der Waals surface area contributed by atoms with E-state index in [0.717, 1.165) is 24.1 Å². The summed E-state index contributed by atoms with van der Waals surface area (Å²) in [4.78, 5) is 18.8. The van der Waals surface area contributed by atoms with Crippen molar-refractivity contribution < 1.29 is 14.3 Å². The van der Waals surface area contributed by atoms with Gasteiger partial charge in [0.05, 0.1) is 18.8 Å². The van der Waals surface area contributed by atoms with Crippen LogP contribution in [0.3, 0.4) is 0 Å². The van der Waals surface area contributed by atoms with Crippen LogP contribution in [-0.4, -0.2) is 64.2 Å². The number of carbonyl (C=O) groups is 1. The van der Waals surface area contributed by atoms with Gasteiger partial charge >= 0.3 is 6.03 Å². The van der Waals surface area contributed by atoms with Gasteiger partial charge < -0.3 is 19.7 Å². The molecule has 8 heteroatoms. The number of morpholine rings is 1. The minimum Gasteiger partial charge on any atom is -0.381 e. The maximum absolute atomic E-state index is 12.7. The van der Waals surface area contributed by atoms with Gasteiger partial charge in [-0.05, 0) is 12.1 Å². The molecule has 0 aliphatic carbocycles. The van der Waals surface area contributed by atoms with Crippen LogP contribution >= 0.6 is 0 Å². The summed E-state index contributed by atoms with van der Waals surface area (Å²) in [5, 5.41) is 7.29.